The average molecular weight is 550 g/mol. The smallest absolute Gasteiger partial charge is 0.322 e. The van der Waals surface area contributed by atoms with Crippen molar-refractivity contribution in [3.05, 3.63) is 59.7 Å². The summed E-state index contributed by atoms with van der Waals surface area (Å²) in [5.74, 6) is -3.94. The van der Waals surface area contributed by atoms with Gasteiger partial charge >= 0.3 is 5.97 Å². The zero-order valence-corrected chi connectivity index (χ0v) is 21.9. The number of fused-ring (bicyclic) bond motifs is 2. The zero-order chi connectivity index (χ0) is 28.8. The summed E-state index contributed by atoms with van der Waals surface area (Å²) in [6.07, 6.45) is 3.64. The highest BCUT2D eigenvalue weighted by Crippen LogP contribution is 2.57. The Morgan fingerprint density at radius 3 is 1.88 bits per heavy atom. The van der Waals surface area contributed by atoms with E-state index in [1.54, 1.807) is 36.4 Å². The van der Waals surface area contributed by atoms with Crippen LogP contribution in [0.1, 0.15) is 48.5 Å². The number of phenols is 4. The summed E-state index contributed by atoms with van der Waals surface area (Å²) in [5, 5.41) is 56.0. The van der Waals surface area contributed by atoms with Crippen LogP contribution in [-0.4, -0.2) is 50.6 Å². The molecular formula is C30H31NO9. The third kappa shape index (κ3) is 5.75. The lowest BCUT2D eigenvalue weighted by molar-refractivity contribution is -0.135. The number of amides is 1. The van der Waals surface area contributed by atoms with E-state index in [4.69, 9.17) is 14.6 Å². The Morgan fingerprint density at radius 1 is 0.750 bits per heavy atom. The molecule has 1 amide bonds. The first-order chi connectivity index (χ1) is 19.2. The second kappa shape index (κ2) is 12.3. The van der Waals surface area contributed by atoms with Gasteiger partial charge in [0.05, 0.1) is 17.4 Å². The zero-order valence-electron chi connectivity index (χ0n) is 21.9. The molecule has 0 unspecified atom stereocenters. The van der Waals surface area contributed by atoms with Crippen LogP contribution in [0.15, 0.2) is 48.5 Å². The van der Waals surface area contributed by atoms with Crippen LogP contribution in [0.3, 0.4) is 0 Å². The Hall–Kier alpha value is -4.86. The minimum absolute atomic E-state index is 0.00226. The van der Waals surface area contributed by atoms with E-state index >= 15 is 0 Å². The third-order valence-electron chi connectivity index (χ3n) is 6.51. The Bertz CT molecular complexity index is 1550. The van der Waals surface area contributed by atoms with Gasteiger partial charge in [0.15, 0.2) is 11.5 Å². The van der Waals surface area contributed by atoms with Crippen molar-refractivity contribution in [1.29, 1.82) is 0 Å². The van der Waals surface area contributed by atoms with Gasteiger partial charge in [-0.2, -0.15) is 0 Å². The number of carboxylic acid groups (broad SMARTS) is 1. The second-order valence-electron chi connectivity index (χ2n) is 9.32. The molecule has 0 heterocycles. The van der Waals surface area contributed by atoms with Crippen molar-refractivity contribution in [3.63, 3.8) is 0 Å². The fourth-order valence-electron chi connectivity index (χ4n) is 4.45. The van der Waals surface area contributed by atoms with Gasteiger partial charge in [-0.1, -0.05) is 62.6 Å². The molecule has 4 rings (SSSR count). The van der Waals surface area contributed by atoms with Crippen LogP contribution >= 0.6 is 0 Å². The van der Waals surface area contributed by atoms with Crippen LogP contribution in [0.4, 0.5) is 0 Å². The fourth-order valence-corrected chi connectivity index (χ4v) is 4.45. The Kier molecular flexibility index (Phi) is 8.68. The first-order valence-corrected chi connectivity index (χ1v) is 12.9. The van der Waals surface area contributed by atoms with Gasteiger partial charge in [-0.3, -0.25) is 9.59 Å². The molecule has 0 saturated heterocycles. The predicted octanol–water partition coefficient (Wildman–Crippen LogP) is 5.17. The van der Waals surface area contributed by atoms with Gasteiger partial charge in [0, 0.05) is 16.3 Å². The summed E-state index contributed by atoms with van der Waals surface area (Å²) in [7, 11) is 0. The number of carboxylic acids is 1. The molecule has 0 fully saturated rings. The number of carbonyl (C=O) groups excluding carboxylic acids is 1. The topological polar surface area (TPSA) is 166 Å². The summed E-state index contributed by atoms with van der Waals surface area (Å²) in [5.41, 5.74) is 0.813. The molecule has 0 saturated carbocycles. The minimum Gasteiger partial charge on any atom is -0.506 e. The molecular weight excluding hydrogens is 518 g/mol. The number of benzene rings is 4. The van der Waals surface area contributed by atoms with E-state index < -0.39 is 29.9 Å². The average Bonchev–Trinajstić information content (AvgIpc) is 2.96. The maximum atomic E-state index is 12.1. The highest BCUT2D eigenvalue weighted by Gasteiger charge is 2.28. The highest BCUT2D eigenvalue weighted by molar-refractivity contribution is 6.16. The largest absolute Gasteiger partial charge is 0.506 e. The van der Waals surface area contributed by atoms with Gasteiger partial charge in [0.1, 0.15) is 24.7 Å². The third-order valence-corrected chi connectivity index (χ3v) is 6.51. The maximum absolute atomic E-state index is 12.1. The molecule has 10 heteroatoms. The summed E-state index contributed by atoms with van der Waals surface area (Å²) in [6.45, 7) is 1.66. The molecule has 40 heavy (non-hydrogen) atoms. The molecule has 0 aromatic heterocycles. The van der Waals surface area contributed by atoms with Crippen LogP contribution < -0.4 is 14.8 Å². The second-order valence-corrected chi connectivity index (χ2v) is 9.32. The van der Waals surface area contributed by atoms with Crippen LogP contribution in [0.2, 0.25) is 0 Å². The molecule has 210 valence electrons. The summed E-state index contributed by atoms with van der Waals surface area (Å²) >= 11 is 0. The quantitative estimate of drug-likeness (QED) is 0.0605. The number of carbonyl (C=O) groups is 2. The van der Waals surface area contributed by atoms with Gasteiger partial charge in [-0.05, 0) is 24.1 Å². The lowest BCUT2D eigenvalue weighted by Gasteiger charge is -2.20. The van der Waals surface area contributed by atoms with Crippen molar-refractivity contribution in [3.8, 4) is 34.5 Å². The molecule has 0 radical (unpaired) electrons. The van der Waals surface area contributed by atoms with Crippen molar-refractivity contribution in [2.75, 3.05) is 13.2 Å². The number of aliphatic carboxylic acids is 1. The Labute approximate surface area is 230 Å². The van der Waals surface area contributed by atoms with E-state index in [1.807, 2.05) is 0 Å². The number of rotatable bonds is 12. The molecule has 0 atom stereocenters. The van der Waals surface area contributed by atoms with Gasteiger partial charge in [0.2, 0.25) is 11.5 Å². The minimum atomic E-state index is -1.16. The standard InChI is InChI=1S/C30H31NO9/c1-2-3-4-7-14-39-28-22-23(25(35)20-9-6-5-8-19(20)24(22)34)29(27(37)26(28)36)40-16-17-10-12-18(13-11-17)30(38)31-15-21(32)33/h5-6,8-13,34-37H,2-4,7,14-16H2,1H3,(H,31,38)(H,32,33). The number of ether oxygens (including phenoxy) is 2. The number of unbranched alkanes of at least 4 members (excludes halogenated alkanes) is 3. The van der Waals surface area contributed by atoms with E-state index in [2.05, 4.69) is 12.2 Å². The lowest BCUT2D eigenvalue weighted by Crippen LogP contribution is -2.29. The molecule has 0 aliphatic carbocycles. The molecule has 10 nitrogen and oxygen atoms in total. The Morgan fingerprint density at radius 2 is 1.32 bits per heavy atom. The van der Waals surface area contributed by atoms with E-state index in [-0.39, 0.29) is 52.5 Å². The van der Waals surface area contributed by atoms with E-state index in [0.29, 0.717) is 22.8 Å². The molecule has 0 aliphatic heterocycles. The molecule has 0 aliphatic rings. The maximum Gasteiger partial charge on any atom is 0.322 e. The first-order valence-electron chi connectivity index (χ1n) is 12.9. The Balaban J connectivity index is 1.71. The van der Waals surface area contributed by atoms with Gasteiger partial charge in [0.25, 0.3) is 5.91 Å². The van der Waals surface area contributed by atoms with Gasteiger partial charge in [-0.15, -0.1) is 0 Å². The van der Waals surface area contributed by atoms with Crippen LogP contribution in [0.25, 0.3) is 21.5 Å². The SMILES string of the molecule is CCCCCCOc1c(O)c(O)c(OCc2ccc(C(=O)NCC(=O)O)cc2)c2c(O)c3ccccc3c(O)c12. The van der Waals surface area contributed by atoms with Crippen LogP contribution in [-0.2, 0) is 11.4 Å². The van der Waals surface area contributed by atoms with Crippen molar-refractivity contribution < 1.29 is 44.6 Å². The number of hydrogen-bond acceptors (Lipinski definition) is 8. The summed E-state index contributed by atoms with van der Waals surface area (Å²) in [4.78, 5) is 22.7. The highest BCUT2D eigenvalue weighted by atomic mass is 16.5. The van der Waals surface area contributed by atoms with Crippen molar-refractivity contribution >= 4 is 33.4 Å². The normalized spacial score (nSPS) is 11.0. The molecule has 4 aromatic carbocycles. The van der Waals surface area contributed by atoms with Crippen LogP contribution in [0, 0.1) is 0 Å². The van der Waals surface area contributed by atoms with Crippen LogP contribution in [0.5, 0.6) is 34.5 Å². The molecule has 0 spiro atoms. The van der Waals surface area contributed by atoms with Crippen molar-refractivity contribution in [1.82, 2.24) is 5.32 Å². The van der Waals surface area contributed by atoms with Crippen molar-refractivity contribution in [2.24, 2.45) is 0 Å². The lowest BCUT2D eigenvalue weighted by atomic mass is 9.98. The number of aromatic hydroxyl groups is 4. The van der Waals surface area contributed by atoms with E-state index in [0.717, 1.165) is 19.3 Å². The number of hydrogen-bond donors (Lipinski definition) is 6. The summed E-state index contributed by atoms with van der Waals surface area (Å²) in [6, 6.07) is 12.7. The molecule has 6 N–H and O–H groups in total. The fraction of sp³-hybridized carbons (Fsp3) is 0.267. The first kappa shape index (κ1) is 28.2. The van der Waals surface area contributed by atoms with Gasteiger partial charge in [-0.25, -0.2) is 0 Å². The predicted molar refractivity (Wildman–Crippen MR) is 148 cm³/mol. The summed E-state index contributed by atoms with van der Waals surface area (Å²) < 4.78 is 11.7. The van der Waals surface area contributed by atoms with Gasteiger partial charge < -0.3 is 40.3 Å². The van der Waals surface area contributed by atoms with E-state index in [9.17, 15) is 30.0 Å². The van der Waals surface area contributed by atoms with Crippen molar-refractivity contribution in [2.45, 2.75) is 39.2 Å². The monoisotopic (exact) mass is 549 g/mol. The number of nitrogens with one attached hydrogen (secondary N) is 1. The number of phenolic OH excluding ortho intramolecular Hbond substituents is 4. The molecule has 0 bridgehead atoms. The molecule has 4 aromatic rings. The van der Waals surface area contributed by atoms with E-state index in [1.165, 1.54) is 12.1 Å².